The number of rotatable bonds is 30. The van der Waals surface area contributed by atoms with E-state index < -0.39 is 193 Å². The fourth-order valence-electron chi connectivity index (χ4n) is 13.9. The van der Waals surface area contributed by atoms with Crippen LogP contribution in [0.1, 0.15) is 106 Å². The Morgan fingerprint density at radius 3 is 1.83 bits per heavy atom. The van der Waals surface area contributed by atoms with Crippen molar-refractivity contribution in [1.29, 1.82) is 0 Å². The first-order chi connectivity index (χ1) is 54.5. The molecule has 6 atom stereocenters. The highest BCUT2D eigenvalue weighted by molar-refractivity contribution is 7.88. The maximum absolute atomic E-state index is 16.8. The summed E-state index contributed by atoms with van der Waals surface area (Å²) in [5, 5.41) is 9.84. The SMILES string of the molecule is COC(=O)N[C@H](C(=O)N[C@@H](Cc1ccc(C#Cc2cnc(N3CC4CCC(C3)N4C3COC3)nc2)cc1)[C@H](CN(Cc1c(F)cc(-c2ccn(C(F)F)n2)cc1F)NC(=O)[C@@H](NC(=O)OC)C(C)(C)C(F)(F)F)OC(=O)OCOC(=O)CC(C)(C)c1c(CC(=O)N2CCN(S(C)(=O)=O)CC2)cc(C)cc1OP(=O)(O)O)C(C)(C)C(F)(F)F. The van der Waals surface area contributed by atoms with E-state index in [9.17, 15) is 65.1 Å². The van der Waals surface area contributed by atoms with E-state index in [1.165, 1.54) is 74.5 Å². The van der Waals surface area contributed by atoms with E-state index in [0.29, 0.717) is 113 Å². The number of alkyl carbamates (subject to hydrolysis) is 2. The van der Waals surface area contributed by atoms with Crippen molar-refractivity contribution in [1.82, 2.24) is 60.2 Å². The maximum atomic E-state index is 16.8. The van der Waals surface area contributed by atoms with Crippen molar-refractivity contribution < 1.29 is 133 Å². The topological polar surface area (TPSA) is 384 Å². The number of esters is 1. The van der Waals surface area contributed by atoms with Crippen molar-refractivity contribution in [2.24, 2.45) is 10.8 Å². The van der Waals surface area contributed by atoms with Crippen LogP contribution in [0.25, 0.3) is 11.3 Å². The molecule has 3 aromatic carbocycles. The van der Waals surface area contributed by atoms with Crippen molar-refractivity contribution in [2.75, 3.05) is 91.2 Å². The Balaban J connectivity index is 1.09. The molecule has 4 fully saturated rings. The zero-order valence-corrected chi connectivity index (χ0v) is 66.6. The summed E-state index contributed by atoms with van der Waals surface area (Å²) >= 11 is 0. The van der Waals surface area contributed by atoms with Gasteiger partial charge in [-0.05, 0) is 107 Å². The number of sulfonamides is 1. The number of amides is 5. The first-order valence-electron chi connectivity index (χ1n) is 36.2. The van der Waals surface area contributed by atoms with Gasteiger partial charge in [0.2, 0.25) is 34.6 Å². The number of halogens is 10. The highest BCUT2D eigenvalue weighted by Gasteiger charge is 2.58. The molecule has 0 spiro atoms. The van der Waals surface area contributed by atoms with Crippen molar-refractivity contribution in [2.45, 2.75) is 154 Å². The number of fused-ring (bicyclic) bond motifs is 2. The molecule has 4 aliphatic heterocycles. The number of carbonyl (C=O) groups is 7. The minimum atomic E-state index is -5.43. The average Bonchev–Trinajstić information content (AvgIpc) is 1.76. The number of ether oxygens (including phenoxy) is 6. The normalized spacial score (nSPS) is 17.6. The molecule has 6 heterocycles. The lowest BCUT2D eigenvalue weighted by atomic mass is 9.77. The molecule has 0 aliphatic carbocycles. The third kappa shape index (κ3) is 23.1. The molecule has 2 unspecified atom stereocenters. The Hall–Kier alpha value is -9.96. The molecule has 4 aliphatic rings. The summed E-state index contributed by atoms with van der Waals surface area (Å²) in [6.07, 6.45) is -13.7. The van der Waals surface area contributed by atoms with Gasteiger partial charge in [-0.1, -0.05) is 43.9 Å². The van der Waals surface area contributed by atoms with Crippen LogP contribution in [-0.4, -0.2) is 240 Å². The van der Waals surface area contributed by atoms with Crippen LogP contribution < -0.4 is 30.8 Å². The van der Waals surface area contributed by atoms with Gasteiger partial charge in [0.15, 0.2) is 0 Å². The Morgan fingerprint density at radius 2 is 1.32 bits per heavy atom. The molecule has 6 N–H and O–H groups in total. The van der Waals surface area contributed by atoms with E-state index >= 15 is 35.1 Å². The van der Waals surface area contributed by atoms with Gasteiger partial charge in [0.1, 0.15) is 35.6 Å². The zero-order valence-electron chi connectivity index (χ0n) is 64.9. The molecule has 32 nitrogen and oxygen atoms in total. The van der Waals surface area contributed by atoms with Gasteiger partial charge >= 0.3 is 51.0 Å². The van der Waals surface area contributed by atoms with Crippen molar-refractivity contribution in [3.05, 3.63) is 124 Å². The molecule has 5 amide bonds. The predicted octanol–water partition coefficient (Wildman–Crippen LogP) is 7.47. The summed E-state index contributed by atoms with van der Waals surface area (Å²) in [6, 6.07) is 3.62. The van der Waals surface area contributed by atoms with Crippen LogP contribution in [0.3, 0.4) is 0 Å². The van der Waals surface area contributed by atoms with E-state index in [0.717, 1.165) is 42.8 Å². The van der Waals surface area contributed by atoms with Gasteiger partial charge in [-0.2, -0.15) is 44.5 Å². The summed E-state index contributed by atoms with van der Waals surface area (Å²) in [4.78, 5) is 133. The van der Waals surface area contributed by atoms with Crippen LogP contribution in [0.2, 0.25) is 0 Å². The van der Waals surface area contributed by atoms with E-state index in [4.69, 9.17) is 23.5 Å². The second-order valence-corrected chi connectivity index (χ2v) is 33.3. The number of nitrogens with one attached hydrogen (secondary N) is 4. The number of aryl methyl sites for hydroxylation is 1. The first-order valence-corrected chi connectivity index (χ1v) is 39.6. The smallest absolute Gasteiger partial charge is 0.453 e. The fraction of sp³-hybridized carbons (Fsp3) is 0.534. The lowest BCUT2D eigenvalue weighted by Gasteiger charge is -2.47. The van der Waals surface area contributed by atoms with Gasteiger partial charge < -0.3 is 58.7 Å². The quantitative estimate of drug-likeness (QED) is 0.00493. The Bertz CT molecular complexity index is 4650. The standard InChI is InChI=1S/C73H88F10N13O19PS/c1-41-25-46(30-57(97)91-21-23-94(24-22-91)117(10,107)108)59(55(26-41)115-116(104,105)106)69(2,3)31-58(98)112-40-113-68(103)114-56(37-93(90-63(100)61(88-67(102)110-9)71(6,7)73(81,82)83)36-50-51(74)28-45(29-52(50)75)53-19-20-95(89-53)64(76)77)54(86-62(99)60(87-66(101)109-8)70(4,5)72(78,79)80)27-43-14-11-42(12-15-43)13-16-44-32-84-65(85-33-44)92-34-47-17-18-48(35-92)96(47)49-38-111-39-49/h11-12,14-15,19-20,25-26,28-29,32-33,47-49,54,56,60-61,64H,17-18,21-24,27,30-31,34-40H2,1-10H3,(H,86,99)(H,87,101)(H,88,102)(H,90,100)(H2,104,105,106)/t47?,48?,54-,56-,60+,61+/m0/s1. The lowest BCUT2D eigenvalue weighted by molar-refractivity contribution is -0.221. The summed E-state index contributed by atoms with van der Waals surface area (Å²) in [5.74, 6) is -2.77. The molecule has 5 aromatic rings. The number of hydrazine groups is 1. The number of phosphoric ester groups is 1. The highest BCUT2D eigenvalue weighted by Crippen LogP contribution is 2.47. The van der Waals surface area contributed by atoms with Gasteiger partial charge in [-0.15, -0.1) is 0 Å². The van der Waals surface area contributed by atoms with Crippen molar-refractivity contribution >= 4 is 65.8 Å². The lowest BCUT2D eigenvalue weighted by Crippen LogP contribution is -2.64. The molecule has 0 saturated carbocycles. The van der Waals surface area contributed by atoms with Crippen LogP contribution >= 0.6 is 7.82 Å². The van der Waals surface area contributed by atoms with E-state index in [1.54, 1.807) is 5.32 Å². The Kier molecular flexibility index (Phi) is 28.7. The van der Waals surface area contributed by atoms with Crippen molar-refractivity contribution in [3.8, 4) is 28.8 Å². The van der Waals surface area contributed by atoms with Crippen LogP contribution in [0.4, 0.5) is 64.2 Å². The summed E-state index contributed by atoms with van der Waals surface area (Å²) in [7, 11) is -7.61. The number of hydrogen-bond acceptors (Lipinski definition) is 23. The molecular formula is C73H88F10N13O19PS. The molecule has 640 valence electrons. The molecule has 117 heavy (non-hydrogen) atoms. The van der Waals surface area contributed by atoms with E-state index in [-0.39, 0.29) is 53.1 Å². The van der Waals surface area contributed by atoms with Gasteiger partial charge in [0, 0.05) is 104 Å². The highest BCUT2D eigenvalue weighted by atomic mass is 32.2. The minimum Gasteiger partial charge on any atom is -0.453 e. The van der Waals surface area contributed by atoms with Gasteiger partial charge in [0.05, 0.1) is 87.2 Å². The number of hydrogen-bond donors (Lipinski definition) is 6. The number of anilines is 1. The monoisotopic (exact) mass is 1700 g/mol. The first kappa shape index (κ1) is 90.9. The summed E-state index contributed by atoms with van der Waals surface area (Å²) < 4.78 is 226. The third-order valence-corrected chi connectivity index (χ3v) is 22.2. The average molecular weight is 1700 g/mol. The maximum Gasteiger partial charge on any atom is 0.524 e. The summed E-state index contributed by atoms with van der Waals surface area (Å²) in [6.45, 7) is 1.13. The Labute approximate surface area is 665 Å². The number of aromatic nitrogens is 4. The molecule has 2 aromatic heterocycles. The molecule has 0 radical (unpaired) electrons. The van der Waals surface area contributed by atoms with E-state index in [1.807, 2.05) is 10.7 Å². The number of methoxy groups -OCH3 is 2. The fourth-order valence-corrected chi connectivity index (χ4v) is 15.2. The van der Waals surface area contributed by atoms with Gasteiger partial charge in [-0.3, -0.25) is 39.3 Å². The number of piperazine rings is 2. The molecular weight excluding hydrogens is 1620 g/mol. The molecule has 44 heteroatoms. The zero-order chi connectivity index (χ0) is 86.2. The number of alkyl halides is 8. The third-order valence-electron chi connectivity index (χ3n) is 20.5. The van der Waals surface area contributed by atoms with Crippen LogP contribution in [0.5, 0.6) is 5.75 Å². The minimum absolute atomic E-state index is 0.0499. The molecule has 9 rings (SSSR count). The second-order valence-electron chi connectivity index (χ2n) is 30.1. The largest absolute Gasteiger partial charge is 0.524 e. The second kappa shape index (κ2) is 36.9. The number of phosphoric acid groups is 1. The van der Waals surface area contributed by atoms with Gasteiger partial charge in [-0.25, -0.2) is 55.8 Å². The number of benzene rings is 3. The predicted molar refractivity (Wildman–Crippen MR) is 392 cm³/mol. The summed E-state index contributed by atoms with van der Waals surface area (Å²) in [5.41, 5.74) is -7.30. The Morgan fingerprint density at radius 1 is 0.752 bits per heavy atom. The van der Waals surface area contributed by atoms with Crippen LogP contribution in [0, 0.1) is 41.2 Å². The van der Waals surface area contributed by atoms with Crippen LogP contribution in [-0.2, 0) is 87.0 Å². The van der Waals surface area contributed by atoms with Gasteiger partial charge in [0.25, 0.3) is 5.91 Å². The van der Waals surface area contributed by atoms with Crippen LogP contribution in [0.15, 0.2) is 73.2 Å². The number of carbonyl (C=O) groups excluding carboxylic acids is 7. The molecule has 2 bridgehead atoms. The molecule has 4 saturated heterocycles. The number of nitrogens with zero attached hydrogens (tertiary/aromatic N) is 9. The van der Waals surface area contributed by atoms with Crippen molar-refractivity contribution in [3.63, 3.8) is 0 Å². The van der Waals surface area contributed by atoms with E-state index in [2.05, 4.69) is 51.5 Å².